The highest BCUT2D eigenvalue weighted by Gasteiger charge is 2.29. The summed E-state index contributed by atoms with van der Waals surface area (Å²) in [7, 11) is 0. The van der Waals surface area contributed by atoms with Gasteiger partial charge in [0.25, 0.3) is 5.91 Å². The molecule has 4 N–H and O–H groups in total. The van der Waals surface area contributed by atoms with E-state index in [1.807, 2.05) is 96.9 Å². The number of benzene rings is 3. The quantitative estimate of drug-likeness (QED) is 0.0226. The van der Waals surface area contributed by atoms with Crippen LogP contribution in [0.4, 0.5) is 34.9 Å². The van der Waals surface area contributed by atoms with Crippen LogP contribution in [0.25, 0.3) is 12.2 Å². The summed E-state index contributed by atoms with van der Waals surface area (Å²) in [6.45, 7) is 33.9. The number of nitrogens with one attached hydrogen (secondary N) is 4. The van der Waals surface area contributed by atoms with E-state index in [4.69, 9.17) is 18.9 Å². The van der Waals surface area contributed by atoms with E-state index < -0.39 is 29.4 Å². The summed E-state index contributed by atoms with van der Waals surface area (Å²) >= 11 is 0. The number of amides is 1. The highest BCUT2D eigenvalue weighted by Crippen LogP contribution is 2.29. The maximum absolute atomic E-state index is 13.3. The molecule has 0 aliphatic heterocycles. The fourth-order valence-electron chi connectivity index (χ4n) is 6.89. The number of esters is 4. The summed E-state index contributed by atoms with van der Waals surface area (Å²) in [5, 5.41) is 12.8. The molecule has 1 heterocycles. The van der Waals surface area contributed by atoms with Gasteiger partial charge >= 0.3 is 23.9 Å². The molecule has 0 bridgehead atoms. The predicted molar refractivity (Wildman–Crippen MR) is 292 cm³/mol. The lowest BCUT2D eigenvalue weighted by Gasteiger charge is -2.33. The molecule has 1 amide bonds. The van der Waals surface area contributed by atoms with Crippen molar-refractivity contribution < 1.29 is 42.9 Å². The summed E-state index contributed by atoms with van der Waals surface area (Å²) in [5.74, 6) is -2.88. The lowest BCUT2D eigenvalue weighted by Crippen LogP contribution is -2.45. The van der Waals surface area contributed by atoms with Crippen LogP contribution in [0.2, 0.25) is 0 Å². The molecule has 3 aromatic carbocycles. The predicted octanol–water partition coefficient (Wildman–Crippen LogP) is 12.2. The van der Waals surface area contributed by atoms with Crippen LogP contribution in [0.3, 0.4) is 0 Å². The molecule has 4 rings (SSSR count). The Morgan fingerprint density at radius 1 is 0.405 bits per heavy atom. The molecule has 1 aromatic heterocycles. The first-order valence-electron chi connectivity index (χ1n) is 24.8. The Kier molecular flexibility index (Phi) is 19.5. The molecule has 400 valence electrons. The standard InChI is InChI=1S/C58H79N7O9/c1-53(2,3)32-58(16,17)65-45(66)39-22-28-42(29-23-39)61-52-63-50(59-40-24-18-37(19-25-40)30-43(46(67)71-33-54(4,5)6)47(68)72-34-55(7,8)9)62-51(64-52)60-41-26-20-38(21-27-41)31-44(48(69)73-35-56(10,11)12)49(70)74-36-57(13,14)15/h18-31H,32-36H2,1-17H3,(H,65,66)(H3,59,60,61,62,63,64). The van der Waals surface area contributed by atoms with E-state index in [0.717, 1.165) is 6.42 Å². The molecule has 74 heavy (non-hydrogen) atoms. The number of carbonyl (C=O) groups is 5. The van der Waals surface area contributed by atoms with E-state index in [0.29, 0.717) is 33.8 Å². The molecule has 0 saturated carbocycles. The Bertz CT molecular complexity index is 2450. The summed E-state index contributed by atoms with van der Waals surface area (Å²) < 4.78 is 22.1. The normalized spacial score (nSPS) is 12.1. The number of hydrogen-bond donors (Lipinski definition) is 4. The average Bonchev–Trinajstić information content (AvgIpc) is 3.26. The monoisotopic (exact) mass is 1020 g/mol. The second-order valence-electron chi connectivity index (χ2n) is 25.2. The Hall–Kier alpha value is -7.10. The average molecular weight is 1020 g/mol. The van der Waals surface area contributed by atoms with Crippen LogP contribution in [-0.4, -0.2) is 76.7 Å². The Labute approximate surface area is 438 Å². The van der Waals surface area contributed by atoms with Gasteiger partial charge in [-0.2, -0.15) is 15.0 Å². The van der Waals surface area contributed by atoms with Crippen molar-refractivity contribution in [1.29, 1.82) is 0 Å². The Morgan fingerprint density at radius 2 is 0.676 bits per heavy atom. The minimum Gasteiger partial charge on any atom is -0.461 e. The van der Waals surface area contributed by atoms with Gasteiger partial charge in [0, 0.05) is 28.2 Å². The Morgan fingerprint density at radius 3 is 0.932 bits per heavy atom. The van der Waals surface area contributed by atoms with Crippen LogP contribution in [0.15, 0.2) is 83.9 Å². The van der Waals surface area contributed by atoms with Crippen molar-refractivity contribution in [3.63, 3.8) is 0 Å². The van der Waals surface area contributed by atoms with Crippen LogP contribution in [0, 0.1) is 27.1 Å². The van der Waals surface area contributed by atoms with Gasteiger partial charge in [0.2, 0.25) is 17.8 Å². The molecule has 0 unspecified atom stereocenters. The van der Waals surface area contributed by atoms with Crippen LogP contribution >= 0.6 is 0 Å². The zero-order chi connectivity index (χ0) is 55.5. The van der Waals surface area contributed by atoms with E-state index in [9.17, 15) is 24.0 Å². The third-order valence-corrected chi connectivity index (χ3v) is 9.84. The molecule has 0 aliphatic rings. The van der Waals surface area contributed by atoms with Crippen LogP contribution in [-0.2, 0) is 38.1 Å². The van der Waals surface area contributed by atoms with Crippen LogP contribution in [0.5, 0.6) is 0 Å². The molecular weight excluding hydrogens is 939 g/mol. The summed E-state index contributed by atoms with van der Waals surface area (Å²) in [6.07, 6.45) is 3.66. The zero-order valence-electron chi connectivity index (χ0n) is 46.6. The Balaban J connectivity index is 1.67. The maximum Gasteiger partial charge on any atom is 0.345 e. The van der Waals surface area contributed by atoms with E-state index in [1.165, 1.54) is 12.2 Å². The van der Waals surface area contributed by atoms with E-state index in [1.54, 1.807) is 72.8 Å². The van der Waals surface area contributed by atoms with Crippen molar-refractivity contribution in [2.45, 2.75) is 130 Å². The third-order valence-electron chi connectivity index (χ3n) is 9.84. The van der Waals surface area contributed by atoms with E-state index in [-0.39, 0.29) is 88.4 Å². The molecular formula is C58H79N7O9. The van der Waals surface area contributed by atoms with Crippen molar-refractivity contribution in [2.24, 2.45) is 27.1 Å². The van der Waals surface area contributed by atoms with Gasteiger partial charge in [-0.1, -0.05) is 128 Å². The van der Waals surface area contributed by atoms with Gasteiger partial charge < -0.3 is 40.2 Å². The fraction of sp³-hybridized carbons (Fsp3) is 0.483. The number of ether oxygens (including phenoxy) is 4. The molecule has 0 aliphatic carbocycles. The first kappa shape index (κ1) is 59.5. The van der Waals surface area contributed by atoms with Gasteiger partial charge in [-0.15, -0.1) is 0 Å². The highest BCUT2D eigenvalue weighted by molar-refractivity contribution is 6.18. The lowest BCUT2D eigenvalue weighted by atomic mass is 9.81. The van der Waals surface area contributed by atoms with Crippen molar-refractivity contribution >= 4 is 76.8 Å². The minimum atomic E-state index is -0.785. The lowest BCUT2D eigenvalue weighted by molar-refractivity contribution is -0.151. The number of hydrogen-bond acceptors (Lipinski definition) is 15. The maximum atomic E-state index is 13.3. The second kappa shape index (κ2) is 24.3. The molecule has 0 atom stereocenters. The first-order chi connectivity index (χ1) is 34.0. The number of rotatable bonds is 19. The van der Waals surface area contributed by atoms with Crippen LogP contribution in [0.1, 0.15) is 146 Å². The van der Waals surface area contributed by atoms with Gasteiger partial charge in [-0.05, 0) is 119 Å². The molecule has 0 fully saturated rings. The van der Waals surface area contributed by atoms with E-state index in [2.05, 4.69) is 57.0 Å². The summed E-state index contributed by atoms with van der Waals surface area (Å²) in [6, 6.07) is 20.8. The number of aromatic nitrogens is 3. The third kappa shape index (κ3) is 21.9. The topological polar surface area (TPSA) is 209 Å². The van der Waals surface area contributed by atoms with Crippen LogP contribution < -0.4 is 21.3 Å². The largest absolute Gasteiger partial charge is 0.461 e. The molecule has 16 heteroatoms. The molecule has 0 radical (unpaired) electrons. The molecule has 0 saturated heterocycles. The number of carbonyl (C=O) groups excluding carboxylic acids is 5. The SMILES string of the molecule is CC(C)(C)COC(=O)C(=Cc1ccc(Nc2nc(Nc3ccc(C=C(C(=O)OCC(C)(C)C)C(=O)OCC(C)(C)C)cc3)nc(Nc3ccc(C(=O)NC(C)(C)CC(C)(C)C)cc3)n2)cc1)C(=O)OCC(C)(C)C. The highest BCUT2D eigenvalue weighted by atomic mass is 16.6. The second-order valence-corrected chi connectivity index (χ2v) is 25.2. The molecule has 4 aromatic rings. The fourth-order valence-corrected chi connectivity index (χ4v) is 6.89. The van der Waals surface area contributed by atoms with Crippen molar-refractivity contribution in [1.82, 2.24) is 20.3 Å². The number of anilines is 6. The summed E-state index contributed by atoms with van der Waals surface area (Å²) in [5.41, 5.74) is 1.12. The smallest absolute Gasteiger partial charge is 0.345 e. The van der Waals surface area contributed by atoms with E-state index >= 15 is 0 Å². The minimum absolute atomic E-state index is 0.0183. The first-order valence-corrected chi connectivity index (χ1v) is 24.8. The number of nitrogens with zero attached hydrogens (tertiary/aromatic N) is 3. The van der Waals surface area contributed by atoms with Gasteiger partial charge in [-0.25, -0.2) is 19.2 Å². The van der Waals surface area contributed by atoms with Gasteiger partial charge in [0.15, 0.2) is 0 Å². The van der Waals surface area contributed by atoms with Gasteiger partial charge in [0.1, 0.15) is 11.1 Å². The van der Waals surface area contributed by atoms with Crippen molar-refractivity contribution in [3.05, 3.63) is 101 Å². The summed E-state index contributed by atoms with van der Waals surface area (Å²) in [4.78, 5) is 80.2. The molecule has 0 spiro atoms. The molecule has 16 nitrogen and oxygen atoms in total. The van der Waals surface area contributed by atoms with Crippen molar-refractivity contribution in [2.75, 3.05) is 42.4 Å². The zero-order valence-corrected chi connectivity index (χ0v) is 46.6. The van der Waals surface area contributed by atoms with Gasteiger partial charge in [-0.3, -0.25) is 4.79 Å². The van der Waals surface area contributed by atoms with Crippen molar-refractivity contribution in [3.8, 4) is 0 Å². The van der Waals surface area contributed by atoms with Gasteiger partial charge in [0.05, 0.1) is 26.4 Å².